The molecule has 0 saturated carbocycles. The van der Waals surface area contributed by atoms with Gasteiger partial charge in [0.1, 0.15) is 11.3 Å². The van der Waals surface area contributed by atoms with Gasteiger partial charge in [-0.2, -0.15) is 0 Å². The van der Waals surface area contributed by atoms with Crippen molar-refractivity contribution in [3.8, 4) is 5.75 Å². The number of fused-ring (bicyclic) bond motifs is 1. The van der Waals surface area contributed by atoms with E-state index in [1.807, 2.05) is 19.2 Å². The molecule has 3 rings (SSSR count). The predicted octanol–water partition coefficient (Wildman–Crippen LogP) is 2.93. The number of likely N-dealkylation sites (N-methyl/N-ethyl adjacent to an activating group) is 1. The van der Waals surface area contributed by atoms with Gasteiger partial charge in [0.15, 0.2) is 6.61 Å². The predicted molar refractivity (Wildman–Crippen MR) is 101 cm³/mol. The first-order valence-electron chi connectivity index (χ1n) is 7.29. The molecule has 0 spiro atoms. The third-order valence-corrected chi connectivity index (χ3v) is 4.34. The Morgan fingerprint density at radius 1 is 1.42 bits per heavy atom. The number of amides is 1. The van der Waals surface area contributed by atoms with Gasteiger partial charge in [0.05, 0.1) is 5.02 Å². The lowest BCUT2D eigenvalue weighted by atomic mass is 10.2. The molecule has 0 radical (unpaired) electrons. The number of rotatable bonds is 4. The molecule has 1 atom stereocenters. The average Bonchev–Trinajstić information content (AvgIpc) is 3.08. The second kappa shape index (κ2) is 9.28. The van der Waals surface area contributed by atoms with Crippen LogP contribution in [0.25, 0.3) is 10.9 Å². The number of ether oxygens (including phenoxy) is 1. The molecular weight excluding hydrogens is 373 g/mol. The van der Waals surface area contributed by atoms with E-state index in [2.05, 4.69) is 10.3 Å². The molecule has 8 heteroatoms. The van der Waals surface area contributed by atoms with Crippen molar-refractivity contribution >= 4 is 53.2 Å². The number of benzene rings is 1. The molecule has 1 aliphatic rings. The largest absolute Gasteiger partial charge is 0.481 e. The van der Waals surface area contributed by atoms with Crippen molar-refractivity contribution in [1.29, 1.82) is 0 Å². The fourth-order valence-corrected chi connectivity index (χ4v) is 2.86. The summed E-state index contributed by atoms with van der Waals surface area (Å²) < 4.78 is 5.68. The minimum absolute atomic E-state index is 0. The first-order chi connectivity index (χ1) is 10.7. The van der Waals surface area contributed by atoms with Crippen molar-refractivity contribution in [1.82, 2.24) is 15.2 Å². The number of carbonyl (C=O) groups is 1. The maximum absolute atomic E-state index is 12.2. The highest BCUT2D eigenvalue weighted by molar-refractivity contribution is 6.35. The summed E-state index contributed by atoms with van der Waals surface area (Å²) in [4.78, 5) is 18.3. The number of pyridine rings is 1. The Balaban J connectivity index is 0.00000144. The van der Waals surface area contributed by atoms with E-state index in [1.165, 1.54) is 0 Å². The fourth-order valence-electron chi connectivity index (χ4n) is 2.64. The molecule has 1 unspecified atom stereocenters. The summed E-state index contributed by atoms with van der Waals surface area (Å²) in [6.07, 6.45) is 2.66. The van der Waals surface area contributed by atoms with Gasteiger partial charge in [0, 0.05) is 31.2 Å². The van der Waals surface area contributed by atoms with Crippen LogP contribution in [0, 0.1) is 0 Å². The number of nitrogens with zero attached hydrogens (tertiary/aromatic N) is 2. The molecule has 24 heavy (non-hydrogen) atoms. The molecule has 1 amide bonds. The number of hydrogen-bond donors (Lipinski definition) is 1. The smallest absolute Gasteiger partial charge is 0.260 e. The molecular formula is C16H20Cl3N3O2. The van der Waals surface area contributed by atoms with Gasteiger partial charge < -0.3 is 15.0 Å². The standard InChI is InChI=1S/C16H18ClN3O2.2ClH/c1-20(11-6-8-18-9-11)15(21)10-22-14-5-4-13(17)12-3-2-7-19-16(12)14;;/h2-5,7,11,18H,6,8-10H2,1H3;2*1H. The third-order valence-electron chi connectivity index (χ3n) is 4.01. The Morgan fingerprint density at radius 2 is 2.21 bits per heavy atom. The summed E-state index contributed by atoms with van der Waals surface area (Å²) in [7, 11) is 1.82. The second-order valence-electron chi connectivity index (χ2n) is 5.39. The zero-order valence-corrected chi connectivity index (χ0v) is 15.6. The third kappa shape index (κ3) is 4.42. The average molecular weight is 393 g/mol. The topological polar surface area (TPSA) is 54.5 Å². The summed E-state index contributed by atoms with van der Waals surface area (Å²) in [5.41, 5.74) is 0.674. The van der Waals surface area contributed by atoms with E-state index in [1.54, 1.807) is 23.2 Å². The van der Waals surface area contributed by atoms with Crippen molar-refractivity contribution < 1.29 is 9.53 Å². The minimum Gasteiger partial charge on any atom is -0.481 e. The Hall–Kier alpha value is -1.27. The van der Waals surface area contributed by atoms with Crippen molar-refractivity contribution in [3.63, 3.8) is 0 Å². The van der Waals surface area contributed by atoms with Crippen LogP contribution in [0.5, 0.6) is 5.75 Å². The van der Waals surface area contributed by atoms with Crippen LogP contribution in [0.1, 0.15) is 6.42 Å². The van der Waals surface area contributed by atoms with Crippen LogP contribution < -0.4 is 10.1 Å². The van der Waals surface area contributed by atoms with Crippen molar-refractivity contribution in [2.75, 3.05) is 26.7 Å². The molecule has 5 nitrogen and oxygen atoms in total. The van der Waals surface area contributed by atoms with Crippen LogP contribution in [-0.4, -0.2) is 48.6 Å². The molecule has 0 bridgehead atoms. The number of carbonyl (C=O) groups excluding carboxylic acids is 1. The lowest BCUT2D eigenvalue weighted by molar-refractivity contribution is -0.133. The molecule has 2 heterocycles. The van der Waals surface area contributed by atoms with E-state index in [4.69, 9.17) is 16.3 Å². The number of hydrogen-bond acceptors (Lipinski definition) is 4. The molecule has 1 saturated heterocycles. The minimum atomic E-state index is -0.0345. The normalized spacial score (nSPS) is 16.2. The number of nitrogens with one attached hydrogen (secondary N) is 1. The molecule has 1 N–H and O–H groups in total. The van der Waals surface area contributed by atoms with E-state index >= 15 is 0 Å². The summed E-state index contributed by atoms with van der Waals surface area (Å²) in [6.45, 7) is 1.79. The van der Waals surface area contributed by atoms with Gasteiger partial charge >= 0.3 is 0 Å². The van der Waals surface area contributed by atoms with Crippen molar-refractivity contribution in [2.24, 2.45) is 0 Å². The van der Waals surface area contributed by atoms with Crippen LogP contribution in [0.4, 0.5) is 0 Å². The van der Waals surface area contributed by atoms with Crippen LogP contribution in [0.3, 0.4) is 0 Å². The van der Waals surface area contributed by atoms with Crippen molar-refractivity contribution in [3.05, 3.63) is 35.5 Å². The van der Waals surface area contributed by atoms with Gasteiger partial charge in [-0.25, -0.2) is 0 Å². The monoisotopic (exact) mass is 391 g/mol. The van der Waals surface area contributed by atoms with Crippen molar-refractivity contribution in [2.45, 2.75) is 12.5 Å². The number of halogens is 3. The van der Waals surface area contributed by atoms with Gasteiger partial charge in [-0.3, -0.25) is 9.78 Å². The number of aromatic nitrogens is 1. The highest BCUT2D eigenvalue weighted by atomic mass is 35.5. The fraction of sp³-hybridized carbons (Fsp3) is 0.375. The van der Waals surface area contributed by atoms with E-state index in [9.17, 15) is 4.79 Å². The van der Waals surface area contributed by atoms with Gasteiger partial charge in [0.2, 0.25) is 0 Å². The van der Waals surface area contributed by atoms with Crippen LogP contribution in [-0.2, 0) is 4.79 Å². The molecule has 1 fully saturated rings. The lowest BCUT2D eigenvalue weighted by Crippen LogP contribution is -2.40. The molecule has 1 aliphatic heterocycles. The van der Waals surface area contributed by atoms with Crippen LogP contribution in [0.2, 0.25) is 5.02 Å². The van der Waals surface area contributed by atoms with E-state index in [-0.39, 0.29) is 43.4 Å². The zero-order valence-electron chi connectivity index (χ0n) is 13.2. The summed E-state index contributed by atoms with van der Waals surface area (Å²) in [5, 5.41) is 4.70. The maximum atomic E-state index is 12.2. The summed E-state index contributed by atoms with van der Waals surface area (Å²) in [6, 6.07) is 7.47. The molecule has 0 aliphatic carbocycles. The quantitative estimate of drug-likeness (QED) is 0.869. The highest BCUT2D eigenvalue weighted by Crippen LogP contribution is 2.29. The molecule has 1 aromatic heterocycles. The Bertz CT molecular complexity index is 693. The highest BCUT2D eigenvalue weighted by Gasteiger charge is 2.23. The van der Waals surface area contributed by atoms with Gasteiger partial charge in [-0.15, -0.1) is 24.8 Å². The molecule has 2 aromatic rings. The Labute approximate surface area is 158 Å². The van der Waals surface area contributed by atoms with E-state index < -0.39 is 0 Å². The molecule has 132 valence electrons. The van der Waals surface area contributed by atoms with Crippen LogP contribution >= 0.6 is 36.4 Å². The van der Waals surface area contributed by atoms with Gasteiger partial charge in [0.25, 0.3) is 5.91 Å². The summed E-state index contributed by atoms with van der Waals surface area (Å²) >= 11 is 6.15. The van der Waals surface area contributed by atoms with E-state index in [0.717, 1.165) is 24.9 Å². The second-order valence-corrected chi connectivity index (χ2v) is 5.79. The first kappa shape index (κ1) is 20.8. The maximum Gasteiger partial charge on any atom is 0.260 e. The van der Waals surface area contributed by atoms with E-state index in [0.29, 0.717) is 16.3 Å². The lowest BCUT2D eigenvalue weighted by Gasteiger charge is -2.23. The van der Waals surface area contributed by atoms with Gasteiger partial charge in [-0.1, -0.05) is 11.6 Å². The van der Waals surface area contributed by atoms with Gasteiger partial charge in [-0.05, 0) is 37.2 Å². The SMILES string of the molecule is CN(C(=O)COc1ccc(Cl)c2cccnc12)C1CCNC1.Cl.Cl. The first-order valence-corrected chi connectivity index (χ1v) is 7.67. The summed E-state index contributed by atoms with van der Waals surface area (Å²) in [5.74, 6) is 0.541. The Kier molecular flexibility index (Phi) is 8.03. The Morgan fingerprint density at radius 3 is 2.92 bits per heavy atom. The van der Waals surface area contributed by atoms with Crippen LogP contribution in [0.15, 0.2) is 30.5 Å². The molecule has 1 aromatic carbocycles. The zero-order chi connectivity index (χ0) is 15.5.